The summed E-state index contributed by atoms with van der Waals surface area (Å²) in [6.07, 6.45) is 6.43. The summed E-state index contributed by atoms with van der Waals surface area (Å²) < 4.78 is 54.0. The van der Waals surface area contributed by atoms with Crippen LogP contribution >= 0.6 is 0 Å². The van der Waals surface area contributed by atoms with Gasteiger partial charge in [0.25, 0.3) is 0 Å². The van der Waals surface area contributed by atoms with E-state index in [0.717, 1.165) is 56.1 Å². The summed E-state index contributed by atoms with van der Waals surface area (Å²) in [5.41, 5.74) is 8.06. The van der Waals surface area contributed by atoms with E-state index in [1.54, 1.807) is 0 Å². The predicted octanol–water partition coefficient (Wildman–Crippen LogP) is 4.06. The van der Waals surface area contributed by atoms with E-state index in [1.165, 1.54) is 0 Å². The summed E-state index contributed by atoms with van der Waals surface area (Å²) in [4.78, 5) is 14.0. The largest absolute Gasteiger partial charge is 0.392 e. The van der Waals surface area contributed by atoms with Crippen LogP contribution in [0.5, 0.6) is 0 Å². The van der Waals surface area contributed by atoms with Crippen molar-refractivity contribution in [3.05, 3.63) is 24.3 Å². The second kappa shape index (κ2) is 13.8. The molecule has 0 aromatic carbocycles. The Bertz CT molecular complexity index is 1360. The van der Waals surface area contributed by atoms with Crippen LogP contribution in [0.15, 0.2) is 24.3 Å². The highest BCUT2D eigenvalue weighted by molar-refractivity contribution is 5.79. The van der Waals surface area contributed by atoms with Crippen molar-refractivity contribution in [2.24, 2.45) is 23.5 Å². The Kier molecular flexibility index (Phi) is 9.59. The lowest BCUT2D eigenvalue weighted by molar-refractivity contribution is -0.292. The molecule has 5 unspecified atom stereocenters. The molecule has 10 fully saturated rings. The highest BCUT2D eigenvalue weighted by Crippen LogP contribution is 2.54. The second-order valence-corrected chi connectivity index (χ2v) is 17.6. The number of rotatable bonds is 3. The van der Waals surface area contributed by atoms with Crippen LogP contribution in [-0.4, -0.2) is 115 Å². The van der Waals surface area contributed by atoms with E-state index in [-0.39, 0.29) is 110 Å². The van der Waals surface area contributed by atoms with Crippen molar-refractivity contribution in [1.29, 1.82) is 0 Å². The number of aliphatic hydroxyl groups is 1. The van der Waals surface area contributed by atoms with Gasteiger partial charge in [-0.1, -0.05) is 27.0 Å². The van der Waals surface area contributed by atoms with E-state index in [4.69, 9.17) is 43.6 Å². The minimum atomic E-state index is -0.765. The minimum absolute atomic E-state index is 0.00127. The van der Waals surface area contributed by atoms with Crippen molar-refractivity contribution in [2.45, 2.75) is 195 Å². The van der Waals surface area contributed by atoms with Crippen LogP contribution in [-0.2, 0) is 42.7 Å². The molecule has 11 nitrogen and oxygen atoms in total. The Hall–Kier alpha value is -1.25. The van der Waals surface area contributed by atoms with Crippen LogP contribution in [0.25, 0.3) is 0 Å². The maximum absolute atomic E-state index is 14.0. The first-order valence-electron chi connectivity index (χ1n) is 20.1. The van der Waals surface area contributed by atoms with Gasteiger partial charge in [0, 0.05) is 45.1 Å². The first-order valence-corrected chi connectivity index (χ1v) is 20.1. The molecule has 10 heterocycles. The van der Waals surface area contributed by atoms with Crippen LogP contribution in [0.1, 0.15) is 97.3 Å². The van der Waals surface area contributed by atoms with E-state index < -0.39 is 11.9 Å². The quantitative estimate of drug-likeness (QED) is 0.410. The third-order valence-corrected chi connectivity index (χ3v) is 14.2. The smallest absolute Gasteiger partial charge is 0.172 e. The Morgan fingerprint density at radius 1 is 0.765 bits per heavy atom. The first-order chi connectivity index (χ1) is 24.6. The van der Waals surface area contributed by atoms with Crippen molar-refractivity contribution >= 4 is 5.78 Å². The van der Waals surface area contributed by atoms with Gasteiger partial charge in [-0.3, -0.25) is 4.79 Å². The van der Waals surface area contributed by atoms with Gasteiger partial charge >= 0.3 is 0 Å². The van der Waals surface area contributed by atoms with Crippen LogP contribution in [0.4, 0.5) is 0 Å². The first kappa shape index (κ1) is 35.5. The lowest BCUT2D eigenvalue weighted by atomic mass is 9.78. The molecular weight excluding hydrogens is 654 g/mol. The average molecular weight is 714 g/mol. The molecule has 0 aromatic rings. The second-order valence-electron chi connectivity index (χ2n) is 17.6. The number of aliphatic hydroxyl groups excluding tert-OH is 1. The van der Waals surface area contributed by atoms with Gasteiger partial charge in [0.05, 0.1) is 61.0 Å². The van der Waals surface area contributed by atoms with Gasteiger partial charge < -0.3 is 48.7 Å². The Morgan fingerprint density at radius 2 is 1.51 bits per heavy atom. The van der Waals surface area contributed by atoms with E-state index in [9.17, 15) is 9.90 Å². The zero-order valence-corrected chi connectivity index (χ0v) is 30.4. The van der Waals surface area contributed by atoms with Crippen molar-refractivity contribution in [3.63, 3.8) is 0 Å². The normalized spacial score (nSPS) is 53.2. The number of nitrogens with two attached hydrogens (primary N) is 1. The van der Waals surface area contributed by atoms with Crippen LogP contribution in [0, 0.1) is 17.8 Å². The topological polar surface area (TPSA) is 137 Å². The average Bonchev–Trinajstić information content (AvgIpc) is 3.77. The van der Waals surface area contributed by atoms with Gasteiger partial charge in [0.1, 0.15) is 36.3 Å². The Morgan fingerprint density at radius 3 is 2.35 bits per heavy atom. The Labute approximate surface area is 302 Å². The highest BCUT2D eigenvalue weighted by Gasteiger charge is 2.68. The molecule has 1 spiro atoms. The molecule has 0 aliphatic carbocycles. The molecule has 10 aliphatic heterocycles. The summed E-state index contributed by atoms with van der Waals surface area (Å²) in [6, 6.07) is 0. The van der Waals surface area contributed by atoms with Gasteiger partial charge in [0.15, 0.2) is 5.79 Å². The van der Waals surface area contributed by atoms with Crippen LogP contribution < -0.4 is 5.73 Å². The molecule has 0 aromatic heterocycles. The lowest BCUT2D eigenvalue weighted by Gasteiger charge is -2.47. The summed E-state index contributed by atoms with van der Waals surface area (Å²) in [6.45, 7) is 13.5. The number of carbonyl (C=O) groups is 1. The highest BCUT2D eigenvalue weighted by atomic mass is 16.8. The van der Waals surface area contributed by atoms with Gasteiger partial charge in [0.2, 0.25) is 0 Å². The SMILES string of the molecule is C=C1C[C@@H]2CC[C@@]34C[C@@H]5O[C@H]6[C@@H](O3)[C@H]3OC(CC[C@@H]3O[C@H]6C5O4)CC(=O)CC3[C@H](CC4O[C@@H](CCC1O2)C[C@@H](C)C4=C)O[C@H](C[C@H](O)CN)[C@@H]3C. The summed E-state index contributed by atoms with van der Waals surface area (Å²) in [7, 11) is 0. The molecule has 0 amide bonds. The maximum Gasteiger partial charge on any atom is 0.172 e. The molecule has 3 N–H and O–H groups in total. The number of carbonyl (C=O) groups excluding carboxylic acids is 1. The van der Waals surface area contributed by atoms with Crippen molar-refractivity contribution in [1.82, 2.24) is 0 Å². The van der Waals surface area contributed by atoms with Crippen LogP contribution in [0.3, 0.4) is 0 Å². The number of ketones is 1. The number of hydrogen-bond acceptors (Lipinski definition) is 11. The van der Waals surface area contributed by atoms with Crippen molar-refractivity contribution < 1.29 is 47.8 Å². The van der Waals surface area contributed by atoms with Crippen molar-refractivity contribution in [2.75, 3.05) is 6.54 Å². The maximum atomic E-state index is 14.0. The zero-order valence-electron chi connectivity index (χ0n) is 30.4. The molecule has 11 heteroatoms. The number of fused-ring (bicyclic) bond motifs is 6. The summed E-state index contributed by atoms with van der Waals surface area (Å²) in [5.74, 6) is -0.222. The van der Waals surface area contributed by atoms with Gasteiger partial charge in [-0.25, -0.2) is 0 Å². The molecule has 12 bridgehead atoms. The minimum Gasteiger partial charge on any atom is -0.392 e. The molecule has 19 atom stereocenters. The molecule has 51 heavy (non-hydrogen) atoms. The molecule has 10 rings (SSSR count). The number of ether oxygens (including phenoxy) is 8. The zero-order chi connectivity index (χ0) is 35.2. The molecule has 10 aliphatic rings. The van der Waals surface area contributed by atoms with E-state index >= 15 is 0 Å². The van der Waals surface area contributed by atoms with Gasteiger partial charge in [-0.15, -0.1) is 0 Å². The number of Topliss-reactive ketones (excluding diaryl/α,β-unsaturated/α-hetero) is 1. The molecule has 284 valence electrons. The standard InChI is InChI=1S/C40H59NO10/c1-19-11-25-5-7-29-20(2)12-27(44-29)9-10-40-17-34-36(50-40)37-38(49-34)39(51-40)35-30(48-37)8-6-26(46-35)13-23(42)14-28-22(4)31(15-24(43)18-41)47-33(28)16-32(45-25)21(19)3/h19,22,24-39,43H,2-3,5-18,41H2,1,4H3/t19-,22-,24+,25+,26?,27+,28?,29?,30+,31-,32?,33+,34+,35+,36?,37+,38-,39+,40+/m1/s1. The van der Waals surface area contributed by atoms with Crippen molar-refractivity contribution in [3.8, 4) is 0 Å². The Balaban J connectivity index is 0.986. The summed E-state index contributed by atoms with van der Waals surface area (Å²) in [5, 5.41) is 10.5. The molecule has 10 saturated heterocycles. The molecular formula is C40H59NO10. The molecule has 0 radical (unpaired) electrons. The summed E-state index contributed by atoms with van der Waals surface area (Å²) >= 11 is 0. The van der Waals surface area contributed by atoms with E-state index in [1.807, 2.05) is 0 Å². The van der Waals surface area contributed by atoms with E-state index in [2.05, 4.69) is 27.0 Å². The third-order valence-electron chi connectivity index (χ3n) is 14.2. The fourth-order valence-corrected chi connectivity index (χ4v) is 11.3. The third kappa shape index (κ3) is 6.53. The predicted molar refractivity (Wildman–Crippen MR) is 185 cm³/mol. The monoisotopic (exact) mass is 713 g/mol. The lowest BCUT2D eigenvalue weighted by Crippen LogP contribution is -2.61. The van der Waals surface area contributed by atoms with E-state index in [0.29, 0.717) is 44.4 Å². The van der Waals surface area contributed by atoms with Gasteiger partial charge in [-0.05, 0) is 73.8 Å². The van der Waals surface area contributed by atoms with Gasteiger partial charge in [-0.2, -0.15) is 0 Å². The fraction of sp³-hybridized carbons (Fsp3) is 0.875. The fourth-order valence-electron chi connectivity index (χ4n) is 11.3. The number of hydrogen-bond donors (Lipinski definition) is 2. The molecule has 0 saturated carbocycles. The van der Waals surface area contributed by atoms with Crippen LogP contribution in [0.2, 0.25) is 0 Å².